The Morgan fingerprint density at radius 2 is 2.17 bits per heavy atom. The normalized spacial score (nSPS) is 18.3. The average Bonchev–Trinajstić information content (AvgIpc) is 2.60. The molecule has 0 saturated carbocycles. The van der Waals surface area contributed by atoms with Crippen LogP contribution in [0.5, 0.6) is 0 Å². The largest absolute Gasteiger partial charge is 0.306 e. The molecule has 0 spiro atoms. The highest BCUT2D eigenvalue weighted by Crippen LogP contribution is 2.39. The molecule has 1 aliphatic rings. The van der Waals surface area contributed by atoms with E-state index in [9.17, 15) is 0 Å². The molecule has 1 aromatic heterocycles. The number of allylic oxidation sites excluding steroid dienone is 1. The fourth-order valence-electron chi connectivity index (χ4n) is 2.43. The lowest BCUT2D eigenvalue weighted by Gasteiger charge is -2.19. The first-order chi connectivity index (χ1) is 8.72. The topological polar surface area (TPSA) is 12.0 Å². The molecule has 0 bridgehead atoms. The van der Waals surface area contributed by atoms with Gasteiger partial charge in [0, 0.05) is 9.35 Å². The predicted octanol–water partition coefficient (Wildman–Crippen LogP) is 5.81. The molecule has 100 valence electrons. The van der Waals surface area contributed by atoms with Gasteiger partial charge in [0.2, 0.25) is 0 Å². The summed E-state index contributed by atoms with van der Waals surface area (Å²) in [5, 5.41) is 3.64. The second-order valence-corrected chi connectivity index (χ2v) is 7.90. The Labute approximate surface area is 130 Å². The zero-order valence-electron chi connectivity index (χ0n) is 10.6. The van der Waals surface area contributed by atoms with Crippen LogP contribution in [0.1, 0.15) is 49.9 Å². The van der Waals surface area contributed by atoms with Gasteiger partial charge >= 0.3 is 0 Å². The average molecular weight is 393 g/mol. The summed E-state index contributed by atoms with van der Waals surface area (Å²) in [7, 11) is 0. The van der Waals surface area contributed by atoms with Crippen molar-refractivity contribution in [2.45, 2.75) is 45.1 Å². The molecule has 0 aromatic carbocycles. The molecule has 1 aliphatic carbocycles. The lowest BCUT2D eigenvalue weighted by atomic mass is 10.0. The van der Waals surface area contributed by atoms with E-state index in [4.69, 9.17) is 0 Å². The van der Waals surface area contributed by atoms with Gasteiger partial charge in [0.15, 0.2) is 0 Å². The highest BCUT2D eigenvalue weighted by molar-refractivity contribution is 9.13. The summed E-state index contributed by atoms with van der Waals surface area (Å²) in [5.41, 5.74) is 1.58. The van der Waals surface area contributed by atoms with E-state index in [-0.39, 0.29) is 0 Å². The molecule has 0 aliphatic heterocycles. The standard InChI is InChI=1S/C14H19Br2NS/c1-2-17-13(10-7-5-3-4-6-8-10)12-9-11(15)14(16)18-12/h7,9,13,17H,2-6,8H2,1H3. The van der Waals surface area contributed by atoms with Crippen LogP contribution < -0.4 is 5.32 Å². The van der Waals surface area contributed by atoms with Crippen LogP contribution in [-0.2, 0) is 0 Å². The van der Waals surface area contributed by atoms with Gasteiger partial charge in [-0.15, -0.1) is 11.3 Å². The number of nitrogens with one attached hydrogen (secondary N) is 1. The maximum absolute atomic E-state index is 3.64. The van der Waals surface area contributed by atoms with Gasteiger partial charge in [-0.2, -0.15) is 0 Å². The zero-order chi connectivity index (χ0) is 13.0. The van der Waals surface area contributed by atoms with Gasteiger partial charge < -0.3 is 5.32 Å². The number of likely N-dealkylation sites (N-methyl/N-ethyl adjacent to an activating group) is 1. The van der Waals surface area contributed by atoms with E-state index in [2.05, 4.69) is 56.2 Å². The van der Waals surface area contributed by atoms with E-state index in [1.165, 1.54) is 45.2 Å². The molecule has 1 heterocycles. The number of hydrogen-bond donors (Lipinski definition) is 1. The molecule has 0 radical (unpaired) electrons. The van der Waals surface area contributed by atoms with Gasteiger partial charge in [-0.1, -0.05) is 25.0 Å². The second kappa shape index (κ2) is 7.22. The van der Waals surface area contributed by atoms with E-state index < -0.39 is 0 Å². The first-order valence-electron chi connectivity index (χ1n) is 6.59. The van der Waals surface area contributed by atoms with Crippen molar-refractivity contribution in [3.63, 3.8) is 0 Å². The Balaban J connectivity index is 2.23. The highest BCUT2D eigenvalue weighted by Gasteiger charge is 2.19. The number of rotatable bonds is 4. The van der Waals surface area contributed by atoms with Gasteiger partial charge in [-0.05, 0) is 70.2 Å². The third-order valence-electron chi connectivity index (χ3n) is 3.30. The zero-order valence-corrected chi connectivity index (χ0v) is 14.6. The van der Waals surface area contributed by atoms with Crippen molar-refractivity contribution in [3.05, 3.63) is 30.9 Å². The van der Waals surface area contributed by atoms with Crippen molar-refractivity contribution < 1.29 is 0 Å². The van der Waals surface area contributed by atoms with Crippen molar-refractivity contribution in [3.8, 4) is 0 Å². The van der Waals surface area contributed by atoms with Crippen LogP contribution in [0.3, 0.4) is 0 Å². The molecule has 0 saturated heterocycles. The van der Waals surface area contributed by atoms with Crippen LogP contribution in [0.4, 0.5) is 0 Å². The molecule has 2 rings (SSSR count). The molecule has 1 aromatic rings. The van der Waals surface area contributed by atoms with Crippen LogP contribution in [0.2, 0.25) is 0 Å². The minimum Gasteiger partial charge on any atom is -0.306 e. The summed E-state index contributed by atoms with van der Waals surface area (Å²) in [4.78, 5) is 1.41. The lowest BCUT2D eigenvalue weighted by Crippen LogP contribution is -2.22. The fraction of sp³-hybridized carbons (Fsp3) is 0.571. The quantitative estimate of drug-likeness (QED) is 0.637. The lowest BCUT2D eigenvalue weighted by molar-refractivity contribution is 0.597. The van der Waals surface area contributed by atoms with Crippen molar-refractivity contribution in [1.82, 2.24) is 5.32 Å². The molecule has 1 atom stereocenters. The first-order valence-corrected chi connectivity index (χ1v) is 8.99. The number of halogens is 2. The highest BCUT2D eigenvalue weighted by atomic mass is 79.9. The molecule has 0 fully saturated rings. The van der Waals surface area contributed by atoms with Gasteiger partial charge in [0.1, 0.15) is 0 Å². The van der Waals surface area contributed by atoms with Crippen molar-refractivity contribution in [1.29, 1.82) is 0 Å². The van der Waals surface area contributed by atoms with Crippen LogP contribution >= 0.6 is 43.2 Å². The minimum absolute atomic E-state index is 0.403. The molecular formula is C14H19Br2NS. The fourth-order valence-corrected chi connectivity index (χ4v) is 4.63. The Morgan fingerprint density at radius 1 is 1.33 bits per heavy atom. The van der Waals surface area contributed by atoms with Crippen LogP contribution in [0.25, 0.3) is 0 Å². The van der Waals surface area contributed by atoms with E-state index in [1.807, 2.05) is 11.3 Å². The van der Waals surface area contributed by atoms with Crippen molar-refractivity contribution in [2.75, 3.05) is 6.54 Å². The summed E-state index contributed by atoms with van der Waals surface area (Å²) >= 11 is 9.02. The third kappa shape index (κ3) is 3.69. The van der Waals surface area contributed by atoms with Gasteiger partial charge in [-0.3, -0.25) is 0 Å². The Hall–Kier alpha value is 0.360. The molecular weight excluding hydrogens is 374 g/mol. The first kappa shape index (κ1) is 14.8. The van der Waals surface area contributed by atoms with E-state index >= 15 is 0 Å². The Morgan fingerprint density at radius 3 is 2.83 bits per heavy atom. The second-order valence-electron chi connectivity index (χ2n) is 4.64. The van der Waals surface area contributed by atoms with E-state index in [0.29, 0.717) is 6.04 Å². The molecule has 1 unspecified atom stereocenters. The van der Waals surface area contributed by atoms with Crippen molar-refractivity contribution >= 4 is 43.2 Å². The summed E-state index contributed by atoms with van der Waals surface area (Å²) in [6.45, 7) is 3.19. The number of hydrogen-bond acceptors (Lipinski definition) is 2. The number of thiophene rings is 1. The SMILES string of the molecule is CCNC(C1=CCCCCC1)c1cc(Br)c(Br)s1. The third-order valence-corrected chi connectivity index (χ3v) is 6.62. The summed E-state index contributed by atoms with van der Waals surface area (Å²) < 4.78 is 2.36. The van der Waals surface area contributed by atoms with E-state index in [0.717, 1.165) is 6.54 Å². The predicted molar refractivity (Wildman–Crippen MR) is 87.3 cm³/mol. The summed E-state index contributed by atoms with van der Waals surface area (Å²) in [5.74, 6) is 0. The monoisotopic (exact) mass is 391 g/mol. The smallest absolute Gasteiger partial charge is 0.0843 e. The molecule has 18 heavy (non-hydrogen) atoms. The molecule has 1 nitrogen and oxygen atoms in total. The maximum Gasteiger partial charge on any atom is 0.0843 e. The van der Waals surface area contributed by atoms with Crippen LogP contribution in [-0.4, -0.2) is 6.54 Å². The van der Waals surface area contributed by atoms with Crippen molar-refractivity contribution in [2.24, 2.45) is 0 Å². The summed E-state index contributed by atoms with van der Waals surface area (Å²) in [6.07, 6.45) is 9.00. The Bertz CT molecular complexity index is 406. The van der Waals surface area contributed by atoms with E-state index in [1.54, 1.807) is 5.57 Å². The summed E-state index contributed by atoms with van der Waals surface area (Å²) in [6, 6.07) is 2.65. The van der Waals surface area contributed by atoms with Gasteiger partial charge in [0.25, 0.3) is 0 Å². The van der Waals surface area contributed by atoms with Crippen LogP contribution in [0, 0.1) is 0 Å². The van der Waals surface area contributed by atoms with Gasteiger partial charge in [0.05, 0.1) is 9.83 Å². The molecule has 0 amide bonds. The molecule has 4 heteroatoms. The van der Waals surface area contributed by atoms with Gasteiger partial charge in [-0.25, -0.2) is 0 Å². The maximum atomic E-state index is 3.64. The van der Waals surface area contributed by atoms with Crippen LogP contribution in [0.15, 0.2) is 26.0 Å². The minimum atomic E-state index is 0.403. The molecule has 1 N–H and O–H groups in total. The Kier molecular flexibility index (Phi) is 5.93.